The van der Waals surface area contributed by atoms with Crippen LogP contribution < -0.4 is 10.6 Å². The van der Waals surface area contributed by atoms with E-state index in [1.807, 2.05) is 53.2 Å². The largest absolute Gasteiger partial charge is 0.383 e. The summed E-state index contributed by atoms with van der Waals surface area (Å²) in [6.07, 6.45) is 2.95. The number of rotatable bonds is 17. The van der Waals surface area contributed by atoms with Gasteiger partial charge in [-0.05, 0) is 84.8 Å². The predicted molar refractivity (Wildman–Crippen MR) is 261 cm³/mol. The minimum Gasteiger partial charge on any atom is -0.383 e. The lowest BCUT2D eigenvalue weighted by atomic mass is 9.77. The second-order valence-electron chi connectivity index (χ2n) is 16.5. The van der Waals surface area contributed by atoms with Crippen LogP contribution in [-0.4, -0.2) is 57.4 Å². The summed E-state index contributed by atoms with van der Waals surface area (Å²) >= 11 is 0. The number of hydrogen-bond acceptors (Lipinski definition) is 11. The molecule has 10 rings (SSSR count). The molecule has 68 heavy (non-hydrogen) atoms. The molecule has 1 amide bonds. The summed E-state index contributed by atoms with van der Waals surface area (Å²) in [5, 5.41) is 38.9. The number of unbranched alkanes of at least 4 members (excludes halogenated alkanes) is 1. The monoisotopic (exact) mass is 899 g/mol. The summed E-state index contributed by atoms with van der Waals surface area (Å²) in [5.74, 6) is 1.40. The Labute approximate surface area is 390 Å². The summed E-state index contributed by atoms with van der Waals surface area (Å²) in [6, 6.07) is 56.6. The number of aromatic nitrogens is 8. The zero-order valence-corrected chi connectivity index (χ0v) is 37.1. The number of nitro benzene ring substituents is 1. The Bertz CT molecular complexity index is 3270. The molecule has 0 aliphatic carbocycles. The molecule has 0 saturated heterocycles. The van der Waals surface area contributed by atoms with E-state index in [1.165, 1.54) is 12.1 Å². The van der Waals surface area contributed by atoms with Crippen LogP contribution >= 0.6 is 0 Å². The van der Waals surface area contributed by atoms with E-state index >= 15 is 0 Å². The van der Waals surface area contributed by atoms with Gasteiger partial charge in [0.15, 0.2) is 11.3 Å². The summed E-state index contributed by atoms with van der Waals surface area (Å²) in [5.41, 5.74) is 9.10. The van der Waals surface area contributed by atoms with E-state index in [-0.39, 0.29) is 35.6 Å². The van der Waals surface area contributed by atoms with Crippen molar-refractivity contribution in [3.63, 3.8) is 0 Å². The van der Waals surface area contributed by atoms with Crippen LogP contribution in [0.4, 0.5) is 17.1 Å². The first-order chi connectivity index (χ1) is 33.4. The average Bonchev–Trinajstić information content (AvgIpc) is 4.15. The van der Waals surface area contributed by atoms with Crippen molar-refractivity contribution in [3.05, 3.63) is 208 Å². The quantitative estimate of drug-likeness (QED) is 0.0503. The lowest BCUT2D eigenvalue weighted by molar-refractivity contribution is -0.383. The predicted octanol–water partition coefficient (Wildman–Crippen LogP) is 10.5. The first-order valence-electron chi connectivity index (χ1n) is 22.5. The summed E-state index contributed by atoms with van der Waals surface area (Å²) in [7, 11) is 0. The number of carbonyl (C=O) groups excluding carboxylic acids is 1. The van der Waals surface area contributed by atoms with Crippen molar-refractivity contribution in [2.24, 2.45) is 0 Å². The first kappa shape index (κ1) is 43.1. The standard InChI is InChI=1S/C53H45N11O4/c1-2-3-23-48-56-44-29-28-41(55-49(65)32-33-54-45-30-31-46(64(66)67)51-50(45)58-68-59-51)34-47(44)62(48)35-36-24-26-37(27-25-36)42-21-13-14-22-43(42)52-57-60-61-63(52)53(38-15-7-4-8-16-38,39-17-9-5-10-18-39)40-19-11-6-12-20-40/h4-22,24-31,34,54H,2-3,23,32-33,35H2,1H3,(H,55,65). The number of imidazole rings is 1. The average molecular weight is 900 g/mol. The zero-order chi connectivity index (χ0) is 46.5. The Kier molecular flexibility index (Phi) is 12.0. The van der Waals surface area contributed by atoms with Gasteiger partial charge in [-0.2, -0.15) is 0 Å². The number of benzene rings is 7. The number of fused-ring (bicyclic) bond motifs is 2. The lowest BCUT2D eigenvalue weighted by Crippen LogP contribution is -2.39. The van der Waals surface area contributed by atoms with Gasteiger partial charge in [0.05, 0.1) is 21.6 Å². The number of aryl methyl sites for hydroxylation is 1. The van der Waals surface area contributed by atoms with Crippen molar-refractivity contribution in [1.82, 2.24) is 40.1 Å². The van der Waals surface area contributed by atoms with Crippen LogP contribution in [-0.2, 0) is 23.3 Å². The minimum absolute atomic E-state index is 0.0397. The number of tetrazole rings is 1. The van der Waals surface area contributed by atoms with Crippen LogP contribution in [0.15, 0.2) is 174 Å². The van der Waals surface area contributed by atoms with Gasteiger partial charge < -0.3 is 15.2 Å². The Balaban J connectivity index is 0.925. The van der Waals surface area contributed by atoms with Crippen molar-refractivity contribution < 1.29 is 14.3 Å². The normalized spacial score (nSPS) is 11.5. The van der Waals surface area contributed by atoms with E-state index < -0.39 is 10.5 Å². The number of nitro groups is 1. The van der Waals surface area contributed by atoms with E-state index in [0.717, 1.165) is 75.1 Å². The molecular formula is C53H45N11O4. The molecule has 15 nitrogen and oxygen atoms in total. The molecule has 0 bridgehead atoms. The SMILES string of the molecule is CCCCc1nc2ccc(NC(=O)CCNc3ccc([N+](=O)[O-])c4nonc34)cc2n1Cc1ccc(-c2ccccc2-c2nnnn2C(c2ccccc2)(c2ccccc2)c2ccccc2)cc1. The van der Waals surface area contributed by atoms with Crippen LogP contribution in [0.3, 0.4) is 0 Å². The van der Waals surface area contributed by atoms with E-state index in [4.69, 9.17) is 19.9 Å². The first-order valence-corrected chi connectivity index (χ1v) is 22.5. The second-order valence-corrected chi connectivity index (χ2v) is 16.5. The van der Waals surface area contributed by atoms with Gasteiger partial charge >= 0.3 is 5.69 Å². The van der Waals surface area contributed by atoms with E-state index in [1.54, 1.807) is 0 Å². The topological polar surface area (TPSA) is 185 Å². The van der Waals surface area contributed by atoms with Crippen molar-refractivity contribution in [2.45, 2.75) is 44.7 Å². The number of amides is 1. The number of non-ortho nitro benzene ring substituents is 1. The molecule has 0 radical (unpaired) electrons. The Morgan fingerprint density at radius 1 is 0.750 bits per heavy atom. The van der Waals surface area contributed by atoms with Crippen LogP contribution in [0.25, 0.3) is 44.6 Å². The van der Waals surface area contributed by atoms with Crippen molar-refractivity contribution in [3.8, 4) is 22.5 Å². The van der Waals surface area contributed by atoms with Gasteiger partial charge in [0.2, 0.25) is 11.4 Å². The molecule has 0 saturated carbocycles. The van der Waals surface area contributed by atoms with E-state index in [9.17, 15) is 14.9 Å². The Morgan fingerprint density at radius 2 is 1.40 bits per heavy atom. The Hall–Kier alpha value is -8.85. The van der Waals surface area contributed by atoms with Gasteiger partial charge in [0.1, 0.15) is 11.4 Å². The fourth-order valence-electron chi connectivity index (χ4n) is 9.02. The smallest absolute Gasteiger partial charge is 0.300 e. The molecule has 3 aromatic heterocycles. The second kappa shape index (κ2) is 18.9. The molecule has 7 aromatic carbocycles. The molecular weight excluding hydrogens is 855 g/mol. The summed E-state index contributed by atoms with van der Waals surface area (Å²) in [6.45, 7) is 2.99. The van der Waals surface area contributed by atoms with Crippen LogP contribution in [0, 0.1) is 10.1 Å². The van der Waals surface area contributed by atoms with Crippen molar-refractivity contribution in [2.75, 3.05) is 17.2 Å². The highest BCUT2D eigenvalue weighted by Crippen LogP contribution is 2.43. The minimum atomic E-state index is -0.899. The number of anilines is 2. The van der Waals surface area contributed by atoms with Gasteiger partial charge in [0, 0.05) is 43.2 Å². The fraction of sp³-hybridized carbons (Fsp3) is 0.151. The van der Waals surface area contributed by atoms with Gasteiger partial charge in [0.25, 0.3) is 0 Å². The highest BCUT2D eigenvalue weighted by atomic mass is 16.6. The molecule has 0 unspecified atom stereocenters. The highest BCUT2D eigenvalue weighted by Gasteiger charge is 2.42. The maximum atomic E-state index is 13.2. The fourth-order valence-corrected chi connectivity index (χ4v) is 9.02. The van der Waals surface area contributed by atoms with Crippen molar-refractivity contribution >= 4 is 45.0 Å². The van der Waals surface area contributed by atoms with Crippen LogP contribution in [0.5, 0.6) is 0 Å². The maximum Gasteiger partial charge on any atom is 0.300 e. The molecule has 336 valence electrons. The third-order valence-corrected chi connectivity index (χ3v) is 12.3. The molecule has 3 heterocycles. The molecule has 2 N–H and O–H groups in total. The molecule has 0 fully saturated rings. The Morgan fingerprint density at radius 3 is 2.06 bits per heavy atom. The molecule has 15 heteroatoms. The number of nitrogens with zero attached hydrogens (tertiary/aromatic N) is 9. The van der Waals surface area contributed by atoms with Crippen LogP contribution in [0.1, 0.15) is 54.3 Å². The zero-order valence-electron chi connectivity index (χ0n) is 37.1. The van der Waals surface area contributed by atoms with Gasteiger partial charge in [-0.25, -0.2) is 14.3 Å². The third kappa shape index (κ3) is 8.21. The molecule has 0 spiro atoms. The third-order valence-electron chi connectivity index (χ3n) is 12.3. The summed E-state index contributed by atoms with van der Waals surface area (Å²) in [4.78, 5) is 29.1. The molecule has 0 aliphatic heterocycles. The van der Waals surface area contributed by atoms with E-state index in [0.29, 0.717) is 23.7 Å². The number of hydrogen-bond donors (Lipinski definition) is 2. The van der Waals surface area contributed by atoms with Gasteiger partial charge in [-0.1, -0.05) is 153 Å². The number of carbonyl (C=O) groups is 1. The molecule has 0 aliphatic rings. The van der Waals surface area contributed by atoms with Gasteiger partial charge in [-0.15, -0.1) is 5.10 Å². The molecule has 10 aromatic rings. The lowest BCUT2D eigenvalue weighted by Gasteiger charge is -2.36. The molecule has 0 atom stereocenters. The maximum absolute atomic E-state index is 13.2. The van der Waals surface area contributed by atoms with Gasteiger partial charge in [-0.3, -0.25) is 14.9 Å². The van der Waals surface area contributed by atoms with Crippen LogP contribution in [0.2, 0.25) is 0 Å². The number of nitrogens with one attached hydrogen (secondary N) is 2. The van der Waals surface area contributed by atoms with Crippen molar-refractivity contribution in [1.29, 1.82) is 0 Å². The van der Waals surface area contributed by atoms with E-state index in [2.05, 4.69) is 147 Å². The highest BCUT2D eigenvalue weighted by molar-refractivity contribution is 5.95. The summed E-state index contributed by atoms with van der Waals surface area (Å²) < 4.78 is 8.96.